The van der Waals surface area contributed by atoms with Gasteiger partial charge in [0.25, 0.3) is 0 Å². The third kappa shape index (κ3) is 5.60. The van der Waals surface area contributed by atoms with Gasteiger partial charge in [0.1, 0.15) is 5.75 Å². The Morgan fingerprint density at radius 3 is 2.79 bits per heavy atom. The van der Waals surface area contributed by atoms with Crippen LogP contribution >= 0.6 is 34.7 Å². The maximum absolute atomic E-state index is 12.3. The summed E-state index contributed by atoms with van der Waals surface area (Å²) in [5.41, 5.74) is 2.62. The molecule has 1 aromatic heterocycles. The lowest BCUT2D eigenvalue weighted by Crippen LogP contribution is -2.14. The average molecular weight is 435 g/mol. The van der Waals surface area contributed by atoms with Crippen LogP contribution in [0, 0.1) is 6.92 Å². The molecule has 28 heavy (non-hydrogen) atoms. The van der Waals surface area contributed by atoms with Crippen molar-refractivity contribution >= 4 is 51.4 Å². The Bertz CT molecular complexity index is 950. The van der Waals surface area contributed by atoms with Gasteiger partial charge in [-0.2, -0.15) is 0 Å². The molecule has 146 valence electrons. The van der Waals surface area contributed by atoms with Gasteiger partial charge in [-0.05, 0) is 24.1 Å². The van der Waals surface area contributed by atoms with E-state index >= 15 is 0 Å². The number of nitrogens with zero attached hydrogens (tertiary/aromatic N) is 2. The minimum absolute atomic E-state index is 0.154. The fraction of sp³-hybridized carbons (Fsp3) is 0.211. The molecule has 0 aliphatic rings. The van der Waals surface area contributed by atoms with E-state index in [1.165, 1.54) is 35.8 Å². The molecular formula is C19H19ClN4O2S2. The zero-order valence-electron chi connectivity index (χ0n) is 15.4. The van der Waals surface area contributed by atoms with Gasteiger partial charge in [0.15, 0.2) is 4.34 Å². The van der Waals surface area contributed by atoms with E-state index in [0.717, 1.165) is 15.0 Å². The number of hydrogen-bond acceptors (Lipinski definition) is 7. The lowest BCUT2D eigenvalue weighted by atomic mass is 10.2. The minimum Gasteiger partial charge on any atom is -0.495 e. The molecule has 2 N–H and O–H groups in total. The molecule has 6 nitrogen and oxygen atoms in total. The van der Waals surface area contributed by atoms with Crippen LogP contribution in [0.25, 0.3) is 0 Å². The van der Waals surface area contributed by atoms with Gasteiger partial charge in [0.2, 0.25) is 11.0 Å². The maximum atomic E-state index is 12.3. The van der Waals surface area contributed by atoms with E-state index in [-0.39, 0.29) is 11.7 Å². The van der Waals surface area contributed by atoms with Crippen molar-refractivity contribution in [3.63, 3.8) is 0 Å². The SMILES string of the molecule is COc1cc(Cl)c(C)cc1NC(=O)CSc1nnc(NCc2ccccc2)s1. The first kappa shape index (κ1) is 20.4. The highest BCUT2D eigenvalue weighted by Gasteiger charge is 2.12. The lowest BCUT2D eigenvalue weighted by molar-refractivity contribution is -0.113. The Morgan fingerprint density at radius 1 is 1.25 bits per heavy atom. The monoisotopic (exact) mass is 434 g/mol. The number of ether oxygens (including phenoxy) is 1. The third-order valence-corrected chi connectivity index (χ3v) is 6.20. The number of halogens is 1. The Balaban J connectivity index is 1.51. The number of amides is 1. The third-order valence-electron chi connectivity index (χ3n) is 3.77. The standard InChI is InChI=1S/C19H19ClN4O2S2/c1-12-8-15(16(26-2)9-14(12)20)22-17(25)11-27-19-24-23-18(28-19)21-10-13-6-4-3-5-7-13/h3-9H,10-11H2,1-2H3,(H,21,23)(H,22,25). The predicted molar refractivity (Wildman–Crippen MR) is 116 cm³/mol. The van der Waals surface area contributed by atoms with Crippen LogP contribution in [0.2, 0.25) is 5.02 Å². The number of carbonyl (C=O) groups is 1. The van der Waals surface area contributed by atoms with Crippen LogP contribution in [0.15, 0.2) is 46.8 Å². The van der Waals surface area contributed by atoms with Gasteiger partial charge in [0.05, 0.1) is 18.6 Å². The Morgan fingerprint density at radius 2 is 2.04 bits per heavy atom. The van der Waals surface area contributed by atoms with Crippen LogP contribution in [0.5, 0.6) is 5.75 Å². The minimum atomic E-state index is -0.154. The molecule has 0 saturated carbocycles. The van der Waals surface area contributed by atoms with Crippen LogP contribution in [0.1, 0.15) is 11.1 Å². The van der Waals surface area contributed by atoms with Gasteiger partial charge in [0, 0.05) is 17.6 Å². The second-order valence-corrected chi connectivity index (χ2v) is 8.46. The molecule has 0 saturated heterocycles. The topological polar surface area (TPSA) is 76.1 Å². The first-order valence-corrected chi connectivity index (χ1v) is 10.6. The van der Waals surface area contributed by atoms with Crippen molar-refractivity contribution in [3.05, 3.63) is 58.6 Å². The Kier molecular flexibility index (Phi) is 7.13. The van der Waals surface area contributed by atoms with E-state index in [0.29, 0.717) is 23.0 Å². The molecule has 2 aromatic carbocycles. The predicted octanol–water partition coefficient (Wildman–Crippen LogP) is 4.85. The van der Waals surface area contributed by atoms with E-state index in [1.54, 1.807) is 12.1 Å². The van der Waals surface area contributed by atoms with Crippen molar-refractivity contribution in [3.8, 4) is 5.75 Å². The summed E-state index contributed by atoms with van der Waals surface area (Å²) in [5.74, 6) is 0.592. The number of anilines is 2. The van der Waals surface area contributed by atoms with Crippen LogP contribution in [-0.4, -0.2) is 29.0 Å². The molecule has 0 bridgehead atoms. The fourth-order valence-electron chi connectivity index (χ4n) is 2.36. The number of rotatable bonds is 8. The summed E-state index contributed by atoms with van der Waals surface area (Å²) in [6.07, 6.45) is 0. The zero-order chi connectivity index (χ0) is 19.9. The van der Waals surface area contributed by atoms with Crippen molar-refractivity contribution in [1.29, 1.82) is 0 Å². The molecule has 0 aliphatic heterocycles. The van der Waals surface area contributed by atoms with Gasteiger partial charge in [-0.3, -0.25) is 4.79 Å². The Hall–Kier alpha value is -2.29. The summed E-state index contributed by atoms with van der Waals surface area (Å²) >= 11 is 8.85. The first-order chi connectivity index (χ1) is 13.5. The first-order valence-electron chi connectivity index (χ1n) is 8.43. The van der Waals surface area contributed by atoms with E-state index in [9.17, 15) is 4.79 Å². The summed E-state index contributed by atoms with van der Waals surface area (Å²) in [6.45, 7) is 2.55. The molecule has 0 fully saturated rings. The van der Waals surface area contributed by atoms with Gasteiger partial charge >= 0.3 is 0 Å². The summed E-state index contributed by atoms with van der Waals surface area (Å²) in [6, 6.07) is 13.5. The maximum Gasteiger partial charge on any atom is 0.234 e. The van der Waals surface area contributed by atoms with Crippen LogP contribution in [0.3, 0.4) is 0 Å². The van der Waals surface area contributed by atoms with E-state index < -0.39 is 0 Å². The number of aryl methyl sites for hydroxylation is 1. The second-order valence-electron chi connectivity index (χ2n) is 5.85. The summed E-state index contributed by atoms with van der Waals surface area (Å²) in [7, 11) is 1.54. The van der Waals surface area contributed by atoms with E-state index in [1.807, 2.05) is 37.3 Å². The average Bonchev–Trinajstić information content (AvgIpc) is 3.16. The molecule has 1 heterocycles. The van der Waals surface area contributed by atoms with Gasteiger partial charge in [-0.15, -0.1) is 10.2 Å². The fourth-order valence-corrected chi connectivity index (χ4v) is 4.06. The summed E-state index contributed by atoms with van der Waals surface area (Å²) < 4.78 is 6.00. The molecule has 0 radical (unpaired) electrons. The number of benzene rings is 2. The van der Waals surface area contributed by atoms with Gasteiger partial charge in [-0.25, -0.2) is 0 Å². The largest absolute Gasteiger partial charge is 0.495 e. The van der Waals surface area contributed by atoms with Gasteiger partial charge < -0.3 is 15.4 Å². The number of methoxy groups -OCH3 is 1. The smallest absolute Gasteiger partial charge is 0.234 e. The van der Waals surface area contributed by atoms with E-state index in [4.69, 9.17) is 16.3 Å². The number of thioether (sulfide) groups is 1. The van der Waals surface area contributed by atoms with E-state index in [2.05, 4.69) is 20.8 Å². The lowest BCUT2D eigenvalue weighted by Gasteiger charge is -2.11. The zero-order valence-corrected chi connectivity index (χ0v) is 17.7. The highest BCUT2D eigenvalue weighted by Crippen LogP contribution is 2.31. The molecule has 1 amide bonds. The van der Waals surface area contributed by atoms with Crippen LogP contribution < -0.4 is 15.4 Å². The van der Waals surface area contributed by atoms with Crippen LogP contribution in [0.4, 0.5) is 10.8 Å². The molecule has 0 aliphatic carbocycles. The molecule has 3 rings (SSSR count). The van der Waals surface area contributed by atoms with Crippen LogP contribution in [-0.2, 0) is 11.3 Å². The van der Waals surface area contributed by atoms with Crippen molar-refractivity contribution in [2.24, 2.45) is 0 Å². The second kappa shape index (κ2) is 9.77. The number of hydrogen-bond donors (Lipinski definition) is 2. The molecule has 0 spiro atoms. The van der Waals surface area contributed by atoms with Crippen molar-refractivity contribution < 1.29 is 9.53 Å². The molecular weight excluding hydrogens is 416 g/mol. The number of nitrogens with one attached hydrogen (secondary N) is 2. The van der Waals surface area contributed by atoms with Gasteiger partial charge in [-0.1, -0.05) is 65.0 Å². The van der Waals surface area contributed by atoms with Crippen molar-refractivity contribution in [2.75, 3.05) is 23.5 Å². The number of carbonyl (C=O) groups excluding carboxylic acids is 1. The summed E-state index contributed by atoms with van der Waals surface area (Å²) in [5, 5.41) is 15.6. The summed E-state index contributed by atoms with van der Waals surface area (Å²) in [4.78, 5) is 12.3. The number of aromatic nitrogens is 2. The quantitative estimate of drug-likeness (QED) is 0.493. The molecule has 0 atom stereocenters. The molecule has 9 heteroatoms. The normalized spacial score (nSPS) is 10.5. The highest BCUT2D eigenvalue weighted by molar-refractivity contribution is 8.01. The Labute approximate surface area is 176 Å². The van der Waals surface area contributed by atoms with Crippen molar-refractivity contribution in [1.82, 2.24) is 10.2 Å². The molecule has 3 aromatic rings. The molecule has 0 unspecified atom stereocenters. The van der Waals surface area contributed by atoms with Crippen molar-refractivity contribution in [2.45, 2.75) is 17.8 Å². The highest BCUT2D eigenvalue weighted by atomic mass is 35.5.